The molecule has 2 aromatic rings. The van der Waals surface area contributed by atoms with Gasteiger partial charge in [-0.15, -0.1) is 0 Å². The summed E-state index contributed by atoms with van der Waals surface area (Å²) in [4.78, 5) is 18.7. The number of fused-ring (bicyclic) bond motifs is 1. The van der Waals surface area contributed by atoms with Gasteiger partial charge in [-0.3, -0.25) is 4.79 Å². The van der Waals surface area contributed by atoms with Gasteiger partial charge in [0.1, 0.15) is 5.82 Å². The Labute approximate surface area is 104 Å². The van der Waals surface area contributed by atoms with E-state index in [1.807, 2.05) is 25.1 Å². The lowest BCUT2D eigenvalue weighted by Crippen LogP contribution is -2.29. The molecular weight excluding hydrogens is 230 g/mol. The number of rotatable bonds is 3. The first-order valence-corrected chi connectivity index (χ1v) is 5.98. The number of aromatic amines is 1. The molecular formula is C13H15N3O2. The molecule has 1 aliphatic rings. The summed E-state index contributed by atoms with van der Waals surface area (Å²) in [5, 5.41) is 9.25. The summed E-state index contributed by atoms with van der Waals surface area (Å²) in [5.41, 5.74) is 7.99. The number of carboxylic acids is 1. The molecule has 1 unspecified atom stereocenters. The predicted octanol–water partition coefficient (Wildman–Crippen LogP) is 1.74. The number of nitrogens with one attached hydrogen (secondary N) is 1. The van der Waals surface area contributed by atoms with E-state index in [0.29, 0.717) is 12.8 Å². The molecule has 0 aliphatic heterocycles. The number of hydrogen-bond donors (Lipinski definition) is 3. The highest BCUT2D eigenvalue weighted by Crippen LogP contribution is 2.54. The summed E-state index contributed by atoms with van der Waals surface area (Å²) in [7, 11) is 0. The van der Waals surface area contributed by atoms with Crippen molar-refractivity contribution in [2.75, 3.05) is 0 Å². The Kier molecular flexibility index (Phi) is 2.22. The summed E-state index contributed by atoms with van der Waals surface area (Å²) < 4.78 is 0. The fraction of sp³-hybridized carbons (Fsp3) is 0.385. The number of hydrogen-bond acceptors (Lipinski definition) is 3. The third-order valence-corrected chi connectivity index (χ3v) is 3.79. The van der Waals surface area contributed by atoms with E-state index in [2.05, 4.69) is 9.97 Å². The van der Waals surface area contributed by atoms with Crippen LogP contribution >= 0.6 is 0 Å². The van der Waals surface area contributed by atoms with Crippen LogP contribution in [0.5, 0.6) is 0 Å². The van der Waals surface area contributed by atoms with E-state index in [1.54, 1.807) is 0 Å². The minimum absolute atomic E-state index is 0.456. The number of nitrogens with zero attached hydrogens (tertiary/aromatic N) is 1. The van der Waals surface area contributed by atoms with E-state index < -0.39 is 17.4 Å². The molecule has 1 aromatic carbocycles. The molecule has 0 saturated heterocycles. The molecule has 1 atom stereocenters. The first-order valence-electron chi connectivity index (χ1n) is 5.98. The van der Waals surface area contributed by atoms with Crippen LogP contribution in [-0.4, -0.2) is 21.0 Å². The van der Waals surface area contributed by atoms with Crippen LogP contribution in [-0.2, 0) is 4.79 Å². The van der Waals surface area contributed by atoms with Gasteiger partial charge in [0, 0.05) is 6.04 Å². The Bertz CT molecular complexity index is 628. The summed E-state index contributed by atoms with van der Waals surface area (Å²) in [6, 6.07) is 5.20. The number of imidazole rings is 1. The maximum Gasteiger partial charge on any atom is 0.311 e. The topological polar surface area (TPSA) is 92.0 Å². The van der Waals surface area contributed by atoms with Gasteiger partial charge in [0.15, 0.2) is 0 Å². The summed E-state index contributed by atoms with van der Waals surface area (Å²) >= 11 is 0. The Morgan fingerprint density at radius 1 is 1.56 bits per heavy atom. The van der Waals surface area contributed by atoms with Crippen LogP contribution in [0.2, 0.25) is 0 Å². The highest BCUT2D eigenvalue weighted by Gasteiger charge is 2.55. The van der Waals surface area contributed by atoms with Crippen LogP contribution < -0.4 is 5.73 Å². The van der Waals surface area contributed by atoms with Crippen LogP contribution in [0.25, 0.3) is 11.0 Å². The molecule has 18 heavy (non-hydrogen) atoms. The highest BCUT2D eigenvalue weighted by atomic mass is 16.4. The average Bonchev–Trinajstić information content (AvgIpc) is 3.05. The number of aryl methyl sites for hydroxylation is 1. The number of carbonyl (C=O) groups is 1. The minimum atomic E-state index is -0.795. The van der Waals surface area contributed by atoms with E-state index >= 15 is 0 Å². The van der Waals surface area contributed by atoms with Gasteiger partial charge in [-0.2, -0.15) is 0 Å². The van der Waals surface area contributed by atoms with Crippen LogP contribution in [0.15, 0.2) is 18.2 Å². The van der Waals surface area contributed by atoms with Gasteiger partial charge >= 0.3 is 5.97 Å². The monoisotopic (exact) mass is 245 g/mol. The van der Waals surface area contributed by atoms with Crippen molar-refractivity contribution in [1.82, 2.24) is 9.97 Å². The Balaban J connectivity index is 2.01. The second kappa shape index (κ2) is 3.55. The molecule has 0 radical (unpaired) electrons. The Hall–Kier alpha value is -1.88. The zero-order chi connectivity index (χ0) is 12.9. The van der Waals surface area contributed by atoms with E-state index in [4.69, 9.17) is 5.73 Å². The quantitative estimate of drug-likeness (QED) is 0.768. The molecule has 5 nitrogen and oxygen atoms in total. The number of carboxylic acid groups (broad SMARTS) is 1. The van der Waals surface area contributed by atoms with E-state index in [0.717, 1.165) is 22.4 Å². The summed E-state index contributed by atoms with van der Waals surface area (Å²) in [5.74, 6) is 0.0472. The molecule has 0 amide bonds. The number of benzene rings is 1. The molecule has 1 saturated carbocycles. The lowest BCUT2D eigenvalue weighted by atomic mass is 9.91. The number of aromatic nitrogens is 2. The number of nitrogens with two attached hydrogens (primary N) is 1. The van der Waals surface area contributed by atoms with E-state index in [9.17, 15) is 9.90 Å². The van der Waals surface area contributed by atoms with Crippen molar-refractivity contribution in [3.8, 4) is 0 Å². The SMILES string of the molecule is Cc1nc2ccc(C(N)C3(C(=O)O)CC3)cc2[nH]1. The minimum Gasteiger partial charge on any atom is -0.481 e. The smallest absolute Gasteiger partial charge is 0.311 e. The predicted molar refractivity (Wildman–Crippen MR) is 67.1 cm³/mol. The second-order valence-corrected chi connectivity index (χ2v) is 5.04. The van der Waals surface area contributed by atoms with Gasteiger partial charge in [0.2, 0.25) is 0 Å². The van der Waals surface area contributed by atoms with Crippen molar-refractivity contribution in [2.24, 2.45) is 11.1 Å². The second-order valence-electron chi connectivity index (χ2n) is 5.04. The van der Waals surface area contributed by atoms with Gasteiger partial charge in [-0.05, 0) is 37.5 Å². The van der Waals surface area contributed by atoms with Crippen LogP contribution in [0.4, 0.5) is 0 Å². The van der Waals surface area contributed by atoms with Gasteiger partial charge in [0.25, 0.3) is 0 Å². The molecule has 94 valence electrons. The molecule has 5 heteroatoms. The van der Waals surface area contributed by atoms with Crippen molar-refractivity contribution < 1.29 is 9.90 Å². The lowest BCUT2D eigenvalue weighted by molar-refractivity contribution is -0.144. The van der Waals surface area contributed by atoms with E-state index in [1.165, 1.54) is 0 Å². The fourth-order valence-corrected chi connectivity index (χ4v) is 2.46. The largest absolute Gasteiger partial charge is 0.481 e. The number of aliphatic carboxylic acids is 1. The third-order valence-electron chi connectivity index (χ3n) is 3.79. The van der Waals surface area contributed by atoms with Crippen molar-refractivity contribution in [2.45, 2.75) is 25.8 Å². The summed E-state index contributed by atoms with van der Waals surface area (Å²) in [6.07, 6.45) is 1.31. The summed E-state index contributed by atoms with van der Waals surface area (Å²) in [6.45, 7) is 1.89. The molecule has 1 aliphatic carbocycles. The van der Waals surface area contributed by atoms with Crippen LogP contribution in [0.3, 0.4) is 0 Å². The Morgan fingerprint density at radius 3 is 2.89 bits per heavy atom. The fourth-order valence-electron chi connectivity index (χ4n) is 2.46. The average molecular weight is 245 g/mol. The molecule has 1 fully saturated rings. The maximum atomic E-state index is 11.3. The molecule has 0 spiro atoms. The van der Waals surface area contributed by atoms with Crippen LogP contribution in [0, 0.1) is 12.3 Å². The van der Waals surface area contributed by atoms with Gasteiger partial charge in [0.05, 0.1) is 16.4 Å². The van der Waals surface area contributed by atoms with Crippen molar-refractivity contribution in [3.63, 3.8) is 0 Å². The van der Waals surface area contributed by atoms with Crippen LogP contribution in [0.1, 0.15) is 30.3 Å². The van der Waals surface area contributed by atoms with Gasteiger partial charge < -0.3 is 15.8 Å². The maximum absolute atomic E-state index is 11.3. The Morgan fingerprint density at radius 2 is 2.28 bits per heavy atom. The zero-order valence-corrected chi connectivity index (χ0v) is 10.1. The van der Waals surface area contributed by atoms with Crippen molar-refractivity contribution in [3.05, 3.63) is 29.6 Å². The molecule has 1 heterocycles. The number of H-pyrrole nitrogens is 1. The normalized spacial score (nSPS) is 18.8. The first-order chi connectivity index (χ1) is 8.53. The lowest BCUT2D eigenvalue weighted by Gasteiger charge is -2.19. The molecule has 1 aromatic heterocycles. The highest BCUT2D eigenvalue weighted by molar-refractivity contribution is 5.80. The first kappa shape index (κ1) is 11.2. The van der Waals surface area contributed by atoms with Crippen molar-refractivity contribution in [1.29, 1.82) is 0 Å². The van der Waals surface area contributed by atoms with E-state index in [-0.39, 0.29) is 0 Å². The van der Waals surface area contributed by atoms with Crippen molar-refractivity contribution >= 4 is 17.0 Å². The third kappa shape index (κ3) is 1.51. The molecule has 3 rings (SSSR count). The van der Waals surface area contributed by atoms with Gasteiger partial charge in [-0.1, -0.05) is 6.07 Å². The molecule has 4 N–H and O–H groups in total. The zero-order valence-electron chi connectivity index (χ0n) is 10.1. The van der Waals surface area contributed by atoms with Gasteiger partial charge in [-0.25, -0.2) is 4.98 Å². The standard InChI is InChI=1S/C13H15N3O2/c1-7-15-9-3-2-8(6-10(9)16-7)11(14)13(4-5-13)12(17)18/h2-3,6,11H,4-5,14H2,1H3,(H,15,16)(H,17,18). The molecule has 0 bridgehead atoms.